The predicted molar refractivity (Wildman–Crippen MR) is 102 cm³/mol. The molecule has 0 spiro atoms. The summed E-state index contributed by atoms with van der Waals surface area (Å²) in [6, 6.07) is 1.83. The second-order valence-corrected chi connectivity index (χ2v) is 7.71. The van der Waals surface area contributed by atoms with E-state index < -0.39 is 0 Å². The lowest BCUT2D eigenvalue weighted by atomic mass is 9.94. The molecule has 0 aromatic rings. The average molecular weight is 335 g/mol. The number of likely N-dealkylation sites (tertiary alicyclic amines) is 2. The molecule has 0 radical (unpaired) electrons. The molecule has 2 aliphatic rings. The van der Waals surface area contributed by atoms with Crippen molar-refractivity contribution in [3.8, 4) is 0 Å². The molecule has 3 nitrogen and oxygen atoms in total. The van der Waals surface area contributed by atoms with E-state index in [1.807, 2.05) is 4.90 Å². The zero-order chi connectivity index (χ0) is 17.4. The molecule has 2 rings (SSSR count). The molecular formula is C21H38N2O. The summed E-state index contributed by atoms with van der Waals surface area (Å²) in [5.74, 6) is 0.125. The molecular weight excluding hydrogens is 296 g/mol. The highest BCUT2D eigenvalue weighted by atomic mass is 16.2. The Morgan fingerprint density at radius 1 is 1.04 bits per heavy atom. The number of fused-ring (bicyclic) bond motifs is 1. The zero-order valence-corrected chi connectivity index (χ0v) is 16.0. The molecule has 24 heavy (non-hydrogen) atoms. The first-order chi connectivity index (χ1) is 11.7. The number of nitrogens with zero attached hydrogens (tertiary/aromatic N) is 2. The molecule has 2 fully saturated rings. The normalized spacial score (nSPS) is 24.5. The second kappa shape index (κ2) is 10.2. The summed E-state index contributed by atoms with van der Waals surface area (Å²) in [5, 5.41) is 0. The van der Waals surface area contributed by atoms with E-state index in [9.17, 15) is 4.79 Å². The van der Waals surface area contributed by atoms with Crippen molar-refractivity contribution in [2.24, 2.45) is 0 Å². The first-order valence-electron chi connectivity index (χ1n) is 10.4. The average Bonchev–Trinajstić information content (AvgIpc) is 2.89. The van der Waals surface area contributed by atoms with Gasteiger partial charge in [-0.05, 0) is 25.3 Å². The van der Waals surface area contributed by atoms with Crippen molar-refractivity contribution in [1.29, 1.82) is 0 Å². The van der Waals surface area contributed by atoms with E-state index in [0.717, 1.165) is 19.0 Å². The lowest BCUT2D eigenvalue weighted by Crippen LogP contribution is -2.64. The fourth-order valence-electron chi connectivity index (χ4n) is 4.56. The number of rotatable bonds is 12. The largest absolute Gasteiger partial charge is 0.333 e. The number of carbonyl (C=O) groups excluding carboxylic acids is 1. The fourth-order valence-corrected chi connectivity index (χ4v) is 4.56. The van der Waals surface area contributed by atoms with Gasteiger partial charge in [0.25, 0.3) is 0 Å². The summed E-state index contributed by atoms with van der Waals surface area (Å²) >= 11 is 0. The van der Waals surface area contributed by atoms with Gasteiger partial charge in [0.15, 0.2) is 0 Å². The van der Waals surface area contributed by atoms with Gasteiger partial charge in [-0.15, -0.1) is 0 Å². The molecule has 3 unspecified atom stereocenters. The molecule has 3 heteroatoms. The van der Waals surface area contributed by atoms with Crippen molar-refractivity contribution in [3.05, 3.63) is 12.7 Å². The number of hydrogen-bond acceptors (Lipinski definition) is 2. The van der Waals surface area contributed by atoms with Crippen LogP contribution < -0.4 is 0 Å². The minimum atomic E-state index is 0.125. The second-order valence-electron chi connectivity index (χ2n) is 7.71. The van der Waals surface area contributed by atoms with Crippen molar-refractivity contribution < 1.29 is 4.79 Å². The van der Waals surface area contributed by atoms with Gasteiger partial charge in [0.1, 0.15) is 0 Å². The Bertz CT molecular complexity index is 395. The Morgan fingerprint density at radius 3 is 2.33 bits per heavy atom. The van der Waals surface area contributed by atoms with Crippen molar-refractivity contribution in [3.63, 3.8) is 0 Å². The summed E-state index contributed by atoms with van der Waals surface area (Å²) < 4.78 is 0. The first kappa shape index (κ1) is 19.5. The molecule has 0 aromatic heterocycles. The van der Waals surface area contributed by atoms with E-state index in [1.165, 1.54) is 76.8 Å². The maximum Gasteiger partial charge on any atom is 0.246 e. The van der Waals surface area contributed by atoms with E-state index in [1.54, 1.807) is 0 Å². The molecule has 3 atom stereocenters. The van der Waals surface area contributed by atoms with Gasteiger partial charge >= 0.3 is 0 Å². The highest BCUT2D eigenvalue weighted by molar-refractivity contribution is 5.88. The van der Waals surface area contributed by atoms with Gasteiger partial charge in [0.05, 0.1) is 6.04 Å². The lowest BCUT2D eigenvalue weighted by Gasteiger charge is -2.48. The van der Waals surface area contributed by atoms with Crippen LogP contribution in [0, 0.1) is 0 Å². The standard InChI is InChI=1S/C21H38N2O/c1-4-7-9-10-12-14-18(13-11-8-5-2)22-16-15-19-20(22)17-23(19)21(24)6-3/h6,18-20H,3-5,7-17H2,1-2H3. The summed E-state index contributed by atoms with van der Waals surface area (Å²) in [6.07, 6.45) is 16.2. The van der Waals surface area contributed by atoms with Crippen LogP contribution >= 0.6 is 0 Å². The maximum absolute atomic E-state index is 11.9. The Labute approximate surface area is 149 Å². The highest BCUT2D eigenvalue weighted by Crippen LogP contribution is 2.36. The summed E-state index contributed by atoms with van der Waals surface area (Å²) in [7, 11) is 0. The van der Waals surface area contributed by atoms with E-state index in [-0.39, 0.29) is 5.91 Å². The van der Waals surface area contributed by atoms with Crippen LogP contribution in [-0.2, 0) is 4.79 Å². The number of hydrogen-bond donors (Lipinski definition) is 0. The quantitative estimate of drug-likeness (QED) is 0.379. The van der Waals surface area contributed by atoms with Crippen molar-refractivity contribution in [2.75, 3.05) is 13.1 Å². The highest BCUT2D eigenvalue weighted by Gasteiger charge is 2.49. The van der Waals surface area contributed by atoms with Gasteiger partial charge in [-0.3, -0.25) is 9.69 Å². The van der Waals surface area contributed by atoms with Crippen LogP contribution in [0.4, 0.5) is 0 Å². The maximum atomic E-state index is 11.9. The Kier molecular flexibility index (Phi) is 8.31. The van der Waals surface area contributed by atoms with Crippen LogP contribution in [0.5, 0.6) is 0 Å². The van der Waals surface area contributed by atoms with E-state index in [2.05, 4.69) is 25.3 Å². The lowest BCUT2D eigenvalue weighted by molar-refractivity contribution is -0.136. The predicted octanol–water partition coefficient (Wildman–Crippen LogP) is 4.77. The molecule has 0 aromatic carbocycles. The zero-order valence-electron chi connectivity index (χ0n) is 16.0. The van der Waals surface area contributed by atoms with Gasteiger partial charge in [0, 0.05) is 25.2 Å². The minimum absolute atomic E-state index is 0.125. The van der Waals surface area contributed by atoms with Gasteiger partial charge < -0.3 is 4.90 Å². The molecule has 0 N–H and O–H groups in total. The molecule has 0 saturated carbocycles. The van der Waals surface area contributed by atoms with Gasteiger partial charge in [-0.25, -0.2) is 0 Å². The number of carbonyl (C=O) groups is 1. The SMILES string of the molecule is C=CC(=O)N1CC2C1CCN2C(CCCCC)CCCCCCC. The summed E-state index contributed by atoms with van der Waals surface area (Å²) in [6.45, 7) is 10.3. The Balaban J connectivity index is 1.83. The van der Waals surface area contributed by atoms with E-state index in [0.29, 0.717) is 12.1 Å². The number of unbranched alkanes of at least 4 members (excludes halogenated alkanes) is 6. The molecule has 138 valence electrons. The Morgan fingerprint density at radius 2 is 1.67 bits per heavy atom. The first-order valence-corrected chi connectivity index (χ1v) is 10.4. The van der Waals surface area contributed by atoms with Crippen LogP contribution in [-0.4, -0.2) is 46.9 Å². The third-order valence-corrected chi connectivity index (χ3v) is 6.05. The third-order valence-electron chi connectivity index (χ3n) is 6.05. The fraction of sp³-hybridized carbons (Fsp3) is 0.857. The third kappa shape index (κ3) is 4.84. The summed E-state index contributed by atoms with van der Waals surface area (Å²) in [5.41, 5.74) is 0. The van der Waals surface area contributed by atoms with Crippen molar-refractivity contribution >= 4 is 5.91 Å². The van der Waals surface area contributed by atoms with Gasteiger partial charge in [-0.2, -0.15) is 0 Å². The molecule has 0 bridgehead atoms. The van der Waals surface area contributed by atoms with Crippen LogP contribution in [0.25, 0.3) is 0 Å². The van der Waals surface area contributed by atoms with Crippen LogP contribution in [0.15, 0.2) is 12.7 Å². The summed E-state index contributed by atoms with van der Waals surface area (Å²) in [4.78, 5) is 16.7. The molecule has 2 saturated heterocycles. The smallest absolute Gasteiger partial charge is 0.246 e. The van der Waals surface area contributed by atoms with Crippen LogP contribution in [0.2, 0.25) is 0 Å². The molecule has 2 aliphatic heterocycles. The van der Waals surface area contributed by atoms with Gasteiger partial charge in [0.2, 0.25) is 5.91 Å². The van der Waals surface area contributed by atoms with Crippen molar-refractivity contribution in [2.45, 2.75) is 103 Å². The monoisotopic (exact) mass is 334 g/mol. The molecule has 1 amide bonds. The van der Waals surface area contributed by atoms with Crippen LogP contribution in [0.1, 0.15) is 84.5 Å². The van der Waals surface area contributed by atoms with Gasteiger partial charge in [-0.1, -0.05) is 71.8 Å². The van der Waals surface area contributed by atoms with Crippen molar-refractivity contribution in [1.82, 2.24) is 9.80 Å². The minimum Gasteiger partial charge on any atom is -0.333 e. The molecule has 2 heterocycles. The topological polar surface area (TPSA) is 23.6 Å². The van der Waals surface area contributed by atoms with E-state index in [4.69, 9.17) is 0 Å². The Hall–Kier alpha value is -0.830. The number of amides is 1. The van der Waals surface area contributed by atoms with E-state index >= 15 is 0 Å². The molecule has 0 aliphatic carbocycles. The van der Waals surface area contributed by atoms with Crippen LogP contribution in [0.3, 0.4) is 0 Å².